The highest BCUT2D eigenvalue weighted by Crippen LogP contribution is 1.92. The van der Waals surface area contributed by atoms with E-state index in [0.29, 0.717) is 5.84 Å². The summed E-state index contributed by atoms with van der Waals surface area (Å²) in [4.78, 5) is 7.30. The number of rotatable bonds is 3. The van der Waals surface area contributed by atoms with Crippen LogP contribution in [0.25, 0.3) is 0 Å². The predicted octanol–water partition coefficient (Wildman–Crippen LogP) is 1.08. The maximum Gasteiger partial charge on any atom is 0.257 e. The standard InChI is InChI=1S/C7H11F2N3/c1-10-5-12-7(11-2)4-3-6(8)9/h3-6H,1-2H3,(H,10,11,12)/b4-3+. The summed E-state index contributed by atoms with van der Waals surface area (Å²) in [5, 5.41) is 2.61. The third kappa shape index (κ3) is 5.52. The molecule has 0 saturated heterocycles. The Morgan fingerprint density at radius 3 is 2.50 bits per heavy atom. The molecule has 0 radical (unpaired) electrons. The van der Waals surface area contributed by atoms with Gasteiger partial charge in [0, 0.05) is 14.1 Å². The third-order valence-electron chi connectivity index (χ3n) is 0.982. The van der Waals surface area contributed by atoms with Crippen molar-refractivity contribution in [2.75, 3.05) is 14.1 Å². The fourth-order valence-electron chi connectivity index (χ4n) is 0.482. The molecule has 0 atom stereocenters. The number of halogens is 2. The number of amidine groups is 1. The molecule has 0 amide bonds. The van der Waals surface area contributed by atoms with Crippen molar-refractivity contribution in [2.45, 2.75) is 6.43 Å². The average molecular weight is 175 g/mol. The Balaban J connectivity index is 4.01. The number of nitrogens with one attached hydrogen (secondary N) is 1. The van der Waals surface area contributed by atoms with Crippen LogP contribution in [0.1, 0.15) is 0 Å². The highest BCUT2D eigenvalue weighted by atomic mass is 19.3. The van der Waals surface area contributed by atoms with E-state index in [1.807, 2.05) is 0 Å². The van der Waals surface area contributed by atoms with Crippen molar-refractivity contribution in [3.8, 4) is 0 Å². The zero-order chi connectivity index (χ0) is 9.40. The van der Waals surface area contributed by atoms with Gasteiger partial charge in [-0.2, -0.15) is 0 Å². The topological polar surface area (TPSA) is 36.8 Å². The lowest BCUT2D eigenvalue weighted by molar-refractivity contribution is 0.204. The lowest BCUT2D eigenvalue weighted by Crippen LogP contribution is -2.19. The Morgan fingerprint density at radius 1 is 1.42 bits per heavy atom. The van der Waals surface area contributed by atoms with Crippen LogP contribution in [0.2, 0.25) is 0 Å². The summed E-state index contributed by atoms with van der Waals surface area (Å²) in [5.74, 6) is 0.348. The van der Waals surface area contributed by atoms with E-state index in [1.54, 1.807) is 7.05 Å². The van der Waals surface area contributed by atoms with Gasteiger partial charge in [-0.15, -0.1) is 0 Å². The molecule has 0 aromatic heterocycles. The van der Waals surface area contributed by atoms with Crippen LogP contribution in [-0.2, 0) is 0 Å². The van der Waals surface area contributed by atoms with Gasteiger partial charge in [-0.25, -0.2) is 8.78 Å². The quantitative estimate of drug-likeness (QED) is 0.505. The van der Waals surface area contributed by atoms with Crippen molar-refractivity contribution in [3.05, 3.63) is 12.2 Å². The van der Waals surface area contributed by atoms with Gasteiger partial charge in [0.2, 0.25) is 0 Å². The van der Waals surface area contributed by atoms with Gasteiger partial charge in [-0.1, -0.05) is 0 Å². The van der Waals surface area contributed by atoms with Crippen molar-refractivity contribution in [2.24, 2.45) is 9.98 Å². The van der Waals surface area contributed by atoms with Gasteiger partial charge < -0.3 is 5.32 Å². The Morgan fingerprint density at radius 2 is 2.08 bits per heavy atom. The number of alkyl halides is 2. The number of hydrogen-bond donors (Lipinski definition) is 1. The minimum Gasteiger partial charge on any atom is -0.332 e. The first kappa shape index (κ1) is 10.7. The largest absolute Gasteiger partial charge is 0.332 e. The number of aliphatic imine (C=N–C) groups is 2. The van der Waals surface area contributed by atoms with Crippen LogP contribution in [0.15, 0.2) is 22.1 Å². The predicted molar refractivity (Wildman–Crippen MR) is 46.1 cm³/mol. The molecule has 0 unspecified atom stereocenters. The number of hydrogen-bond acceptors (Lipinski definition) is 2. The zero-order valence-corrected chi connectivity index (χ0v) is 6.96. The molecule has 0 spiro atoms. The Labute approximate surface area is 69.9 Å². The van der Waals surface area contributed by atoms with Crippen LogP contribution < -0.4 is 5.32 Å². The van der Waals surface area contributed by atoms with Crippen molar-refractivity contribution < 1.29 is 8.78 Å². The smallest absolute Gasteiger partial charge is 0.257 e. The van der Waals surface area contributed by atoms with Crippen LogP contribution in [0, 0.1) is 0 Å². The van der Waals surface area contributed by atoms with E-state index in [4.69, 9.17) is 0 Å². The van der Waals surface area contributed by atoms with Gasteiger partial charge in [0.05, 0.1) is 6.34 Å². The van der Waals surface area contributed by atoms with E-state index in [-0.39, 0.29) is 0 Å². The normalized spacial score (nSPS) is 13.6. The molecule has 0 aromatic carbocycles. The minimum atomic E-state index is -2.46. The molecule has 1 N–H and O–H groups in total. The molecule has 0 saturated carbocycles. The number of nitrogens with zero attached hydrogens (tertiary/aromatic N) is 2. The van der Waals surface area contributed by atoms with E-state index < -0.39 is 6.43 Å². The van der Waals surface area contributed by atoms with Crippen molar-refractivity contribution in [1.82, 2.24) is 5.32 Å². The van der Waals surface area contributed by atoms with E-state index in [1.165, 1.54) is 19.5 Å². The summed E-state index contributed by atoms with van der Waals surface area (Å²) in [6, 6.07) is 0. The summed E-state index contributed by atoms with van der Waals surface area (Å²) in [7, 11) is 3.07. The lowest BCUT2D eigenvalue weighted by atomic mass is 10.4. The summed E-state index contributed by atoms with van der Waals surface area (Å²) >= 11 is 0. The van der Waals surface area contributed by atoms with Crippen molar-refractivity contribution in [3.63, 3.8) is 0 Å². The van der Waals surface area contributed by atoms with Gasteiger partial charge >= 0.3 is 0 Å². The maximum atomic E-state index is 11.7. The highest BCUT2D eigenvalue weighted by molar-refractivity contribution is 5.99. The van der Waals surface area contributed by atoms with E-state index in [2.05, 4.69) is 15.3 Å². The van der Waals surface area contributed by atoms with Crippen LogP contribution in [0.3, 0.4) is 0 Å². The SMILES string of the molecule is CN=CNC(/C=C/C(F)F)=NC. The molecule has 0 aromatic rings. The van der Waals surface area contributed by atoms with Crippen molar-refractivity contribution in [1.29, 1.82) is 0 Å². The molecule has 0 rings (SSSR count). The molecular formula is C7H11F2N3. The fourth-order valence-corrected chi connectivity index (χ4v) is 0.482. The number of allylic oxidation sites excluding steroid dienone is 1. The molecule has 0 aliphatic heterocycles. The summed E-state index contributed by atoms with van der Waals surface area (Å²) in [5.41, 5.74) is 0. The maximum absolute atomic E-state index is 11.7. The first-order valence-electron chi connectivity index (χ1n) is 3.31. The van der Waals surface area contributed by atoms with Crippen LogP contribution >= 0.6 is 0 Å². The monoisotopic (exact) mass is 175 g/mol. The van der Waals surface area contributed by atoms with Gasteiger partial charge in [0.1, 0.15) is 5.84 Å². The van der Waals surface area contributed by atoms with Gasteiger partial charge in [-0.05, 0) is 12.2 Å². The molecule has 12 heavy (non-hydrogen) atoms. The van der Waals surface area contributed by atoms with E-state index in [0.717, 1.165) is 6.08 Å². The molecule has 3 nitrogen and oxygen atoms in total. The molecule has 0 aliphatic carbocycles. The molecular weight excluding hydrogens is 164 g/mol. The second-order valence-corrected chi connectivity index (χ2v) is 1.83. The van der Waals surface area contributed by atoms with Crippen LogP contribution in [0.5, 0.6) is 0 Å². The fraction of sp³-hybridized carbons (Fsp3) is 0.429. The molecule has 0 aliphatic rings. The third-order valence-corrected chi connectivity index (χ3v) is 0.982. The molecule has 0 heterocycles. The second-order valence-electron chi connectivity index (χ2n) is 1.83. The molecule has 68 valence electrons. The summed E-state index contributed by atoms with van der Waals surface area (Å²) in [6.45, 7) is 0. The van der Waals surface area contributed by atoms with Gasteiger partial charge in [0.25, 0.3) is 6.43 Å². The first-order chi connectivity index (χ1) is 5.70. The second kappa shape index (κ2) is 6.45. The average Bonchev–Trinajstić information content (AvgIpc) is 2.05. The first-order valence-corrected chi connectivity index (χ1v) is 3.31. The minimum absolute atomic E-state index is 0.348. The molecule has 0 bridgehead atoms. The summed E-state index contributed by atoms with van der Waals surface area (Å²) in [6.07, 6.45) is 0.866. The van der Waals surface area contributed by atoms with Gasteiger partial charge in [0.15, 0.2) is 0 Å². The van der Waals surface area contributed by atoms with Gasteiger partial charge in [-0.3, -0.25) is 9.98 Å². The van der Waals surface area contributed by atoms with E-state index in [9.17, 15) is 8.78 Å². The van der Waals surface area contributed by atoms with Crippen LogP contribution in [0.4, 0.5) is 8.78 Å². The molecule has 0 fully saturated rings. The highest BCUT2D eigenvalue weighted by Gasteiger charge is 1.94. The Hall–Kier alpha value is -1.26. The van der Waals surface area contributed by atoms with E-state index >= 15 is 0 Å². The Kier molecular flexibility index (Phi) is 5.77. The summed E-state index contributed by atoms with van der Waals surface area (Å²) < 4.78 is 23.3. The molecule has 5 heteroatoms. The van der Waals surface area contributed by atoms with Crippen molar-refractivity contribution >= 4 is 12.2 Å². The van der Waals surface area contributed by atoms with Crippen LogP contribution in [-0.4, -0.2) is 32.7 Å². The zero-order valence-electron chi connectivity index (χ0n) is 6.96. The Bertz CT molecular complexity index is 197. The lowest BCUT2D eigenvalue weighted by Gasteiger charge is -1.96.